The molecule has 4 rings (SSSR count). The number of anilines is 1. The lowest BCUT2D eigenvalue weighted by atomic mass is 10.1. The number of aromatic nitrogens is 2. The fourth-order valence-electron chi connectivity index (χ4n) is 4.06. The molecule has 1 aromatic heterocycles. The summed E-state index contributed by atoms with van der Waals surface area (Å²) >= 11 is 0. The van der Waals surface area contributed by atoms with E-state index in [4.69, 9.17) is 0 Å². The molecule has 6 nitrogen and oxygen atoms in total. The number of amides is 1. The first-order valence-electron chi connectivity index (χ1n) is 10.4. The number of halogens is 1. The zero-order chi connectivity index (χ0) is 21.8. The molecule has 0 bridgehead atoms. The summed E-state index contributed by atoms with van der Waals surface area (Å²) in [5.41, 5.74) is 3.33. The Morgan fingerprint density at radius 1 is 1.10 bits per heavy atom. The van der Waals surface area contributed by atoms with E-state index in [9.17, 15) is 14.4 Å². The van der Waals surface area contributed by atoms with E-state index in [0.29, 0.717) is 50.4 Å². The van der Waals surface area contributed by atoms with Crippen molar-refractivity contribution in [1.82, 2.24) is 14.7 Å². The highest BCUT2D eigenvalue weighted by Crippen LogP contribution is 2.24. The van der Waals surface area contributed by atoms with Gasteiger partial charge in [-0.25, -0.2) is 4.39 Å². The number of rotatable bonds is 5. The zero-order valence-corrected chi connectivity index (χ0v) is 17.5. The molecule has 0 unspecified atom stereocenters. The number of hydrogen-bond donors (Lipinski definition) is 0. The van der Waals surface area contributed by atoms with Crippen LogP contribution in [0.15, 0.2) is 54.7 Å². The molecule has 1 amide bonds. The maximum Gasteiger partial charge on any atom is 0.257 e. The van der Waals surface area contributed by atoms with Gasteiger partial charge in [-0.1, -0.05) is 43.3 Å². The van der Waals surface area contributed by atoms with Crippen LogP contribution < -0.4 is 4.90 Å². The van der Waals surface area contributed by atoms with Crippen LogP contribution in [0.5, 0.6) is 0 Å². The average Bonchev–Trinajstić information content (AvgIpc) is 3.21. The highest BCUT2D eigenvalue weighted by molar-refractivity contribution is 5.95. The Balaban J connectivity index is 1.47. The Hall–Kier alpha value is -3.66. The van der Waals surface area contributed by atoms with Crippen molar-refractivity contribution in [3.63, 3.8) is 0 Å². The summed E-state index contributed by atoms with van der Waals surface area (Å²) in [6.07, 6.45) is 2.37. The van der Waals surface area contributed by atoms with Gasteiger partial charge in [-0.2, -0.15) is 10.4 Å². The molecule has 0 N–H and O–H groups in total. The Bertz CT molecular complexity index is 1110. The topological polar surface area (TPSA) is 65.2 Å². The van der Waals surface area contributed by atoms with Gasteiger partial charge in [0, 0.05) is 26.2 Å². The largest absolute Gasteiger partial charge is 0.367 e. The Morgan fingerprint density at radius 2 is 1.84 bits per heavy atom. The second-order valence-electron chi connectivity index (χ2n) is 7.53. The number of piperazine rings is 1. The highest BCUT2D eigenvalue weighted by atomic mass is 19.1. The maximum absolute atomic E-state index is 14.0. The lowest BCUT2D eigenvalue weighted by Crippen LogP contribution is -2.49. The van der Waals surface area contributed by atoms with Gasteiger partial charge >= 0.3 is 0 Å². The molecule has 1 fully saturated rings. The Morgan fingerprint density at radius 3 is 2.52 bits per heavy atom. The number of benzene rings is 2. The van der Waals surface area contributed by atoms with E-state index in [1.165, 1.54) is 6.07 Å². The van der Waals surface area contributed by atoms with E-state index in [-0.39, 0.29) is 11.5 Å². The summed E-state index contributed by atoms with van der Waals surface area (Å²) in [4.78, 5) is 17.0. The number of carbonyl (C=O) groups excluding carboxylic acids is 1. The molecule has 3 aromatic rings. The van der Waals surface area contributed by atoms with Crippen LogP contribution in [0.4, 0.5) is 10.1 Å². The lowest BCUT2D eigenvalue weighted by molar-refractivity contribution is 0.0745. The van der Waals surface area contributed by atoms with Gasteiger partial charge < -0.3 is 9.80 Å². The summed E-state index contributed by atoms with van der Waals surface area (Å²) in [7, 11) is 0. The molecular weight excluding hydrogens is 393 g/mol. The molecule has 0 spiro atoms. The van der Waals surface area contributed by atoms with Crippen LogP contribution in [0.2, 0.25) is 0 Å². The second kappa shape index (κ2) is 9.00. The van der Waals surface area contributed by atoms with Gasteiger partial charge in [0.05, 0.1) is 29.7 Å². The van der Waals surface area contributed by atoms with E-state index in [1.807, 2.05) is 57.8 Å². The molecule has 158 valence electrons. The number of carbonyl (C=O) groups is 1. The maximum atomic E-state index is 14.0. The molecule has 2 aromatic carbocycles. The van der Waals surface area contributed by atoms with E-state index in [1.54, 1.807) is 18.3 Å². The zero-order valence-electron chi connectivity index (χ0n) is 17.5. The minimum Gasteiger partial charge on any atom is -0.367 e. The van der Waals surface area contributed by atoms with Gasteiger partial charge in [0.15, 0.2) is 0 Å². The second-order valence-corrected chi connectivity index (χ2v) is 7.53. The van der Waals surface area contributed by atoms with Gasteiger partial charge in [-0.3, -0.25) is 9.48 Å². The standard InChI is InChI=1S/C24H24FN5O/c1-2-22-20(16-27-30(22)17-18-7-4-3-5-8-18)24(31)29-13-11-28(12-14-29)23-10-6-9-21(25)19(23)15-26/h3-10,16H,2,11-14,17H2,1H3. The van der Waals surface area contributed by atoms with Crippen LogP contribution in [0, 0.1) is 17.1 Å². The summed E-state index contributed by atoms with van der Waals surface area (Å²) in [5.74, 6) is -0.549. The molecule has 0 saturated carbocycles. The molecule has 1 saturated heterocycles. The molecule has 0 aliphatic carbocycles. The summed E-state index contributed by atoms with van der Waals surface area (Å²) in [5, 5.41) is 13.8. The molecule has 0 atom stereocenters. The fourth-order valence-corrected chi connectivity index (χ4v) is 4.06. The van der Waals surface area contributed by atoms with Crippen LogP contribution in [-0.2, 0) is 13.0 Å². The smallest absolute Gasteiger partial charge is 0.257 e. The summed E-state index contributed by atoms with van der Waals surface area (Å²) in [6, 6.07) is 16.7. The first-order chi connectivity index (χ1) is 15.1. The molecular formula is C24H24FN5O. The van der Waals surface area contributed by atoms with Crippen LogP contribution in [0.25, 0.3) is 0 Å². The van der Waals surface area contributed by atoms with Crippen molar-refractivity contribution in [3.8, 4) is 6.07 Å². The molecule has 31 heavy (non-hydrogen) atoms. The third-order valence-electron chi connectivity index (χ3n) is 5.70. The van der Waals surface area contributed by atoms with E-state index in [0.717, 1.165) is 11.3 Å². The predicted molar refractivity (Wildman–Crippen MR) is 116 cm³/mol. The van der Waals surface area contributed by atoms with Crippen molar-refractivity contribution in [3.05, 3.63) is 82.9 Å². The minimum absolute atomic E-state index is 0.0319. The van der Waals surface area contributed by atoms with Crippen molar-refractivity contribution in [2.24, 2.45) is 0 Å². The monoisotopic (exact) mass is 417 g/mol. The van der Waals surface area contributed by atoms with Gasteiger partial charge in [0.25, 0.3) is 5.91 Å². The van der Waals surface area contributed by atoms with E-state index >= 15 is 0 Å². The molecule has 0 radical (unpaired) electrons. The third-order valence-corrected chi connectivity index (χ3v) is 5.70. The predicted octanol–water partition coefficient (Wildman–Crippen LogP) is 3.47. The highest BCUT2D eigenvalue weighted by Gasteiger charge is 2.27. The fraction of sp³-hybridized carbons (Fsp3) is 0.292. The van der Waals surface area contributed by atoms with Gasteiger partial charge in [-0.05, 0) is 24.1 Å². The number of nitrogens with zero attached hydrogens (tertiary/aromatic N) is 5. The van der Waals surface area contributed by atoms with Crippen LogP contribution in [-0.4, -0.2) is 46.8 Å². The van der Waals surface area contributed by atoms with Gasteiger partial charge in [0.2, 0.25) is 0 Å². The molecule has 1 aliphatic heterocycles. The molecule has 2 heterocycles. The number of nitriles is 1. The van der Waals surface area contributed by atoms with Crippen molar-refractivity contribution >= 4 is 11.6 Å². The van der Waals surface area contributed by atoms with Gasteiger partial charge in [-0.15, -0.1) is 0 Å². The minimum atomic E-state index is -0.517. The van der Waals surface area contributed by atoms with Crippen molar-refractivity contribution in [1.29, 1.82) is 5.26 Å². The summed E-state index contributed by atoms with van der Waals surface area (Å²) < 4.78 is 15.8. The van der Waals surface area contributed by atoms with Crippen LogP contribution in [0.1, 0.15) is 34.1 Å². The lowest BCUT2D eigenvalue weighted by Gasteiger charge is -2.36. The summed E-state index contributed by atoms with van der Waals surface area (Å²) in [6.45, 7) is 4.76. The first kappa shape index (κ1) is 20.6. The van der Waals surface area contributed by atoms with Crippen molar-refractivity contribution in [2.75, 3.05) is 31.1 Å². The average molecular weight is 417 g/mol. The van der Waals surface area contributed by atoms with Crippen LogP contribution >= 0.6 is 0 Å². The third kappa shape index (κ3) is 4.15. The SMILES string of the molecule is CCc1c(C(=O)N2CCN(c3cccc(F)c3C#N)CC2)cnn1Cc1ccccc1. The van der Waals surface area contributed by atoms with Crippen LogP contribution in [0.3, 0.4) is 0 Å². The Labute approximate surface area is 181 Å². The molecule has 7 heteroatoms. The van der Waals surface area contributed by atoms with Gasteiger partial charge in [0.1, 0.15) is 17.4 Å². The first-order valence-corrected chi connectivity index (χ1v) is 10.4. The quantitative estimate of drug-likeness (QED) is 0.638. The van der Waals surface area contributed by atoms with E-state index in [2.05, 4.69) is 5.10 Å². The van der Waals surface area contributed by atoms with Crippen molar-refractivity contribution in [2.45, 2.75) is 19.9 Å². The normalized spacial score (nSPS) is 13.8. The molecule has 1 aliphatic rings. The number of hydrogen-bond acceptors (Lipinski definition) is 4. The van der Waals surface area contributed by atoms with Crippen molar-refractivity contribution < 1.29 is 9.18 Å². The van der Waals surface area contributed by atoms with E-state index < -0.39 is 5.82 Å². The Kier molecular flexibility index (Phi) is 5.99.